The number of hydrogen-bond donors (Lipinski definition) is 1. The third-order valence-corrected chi connectivity index (χ3v) is 6.98. The fourth-order valence-electron chi connectivity index (χ4n) is 5.27. The summed E-state index contributed by atoms with van der Waals surface area (Å²) in [5.74, 6) is 0.842. The first-order valence-electron chi connectivity index (χ1n) is 11.8. The lowest BCUT2D eigenvalue weighted by Crippen LogP contribution is -2.52. The van der Waals surface area contributed by atoms with Crippen LogP contribution in [-0.4, -0.2) is 42.6 Å². The van der Waals surface area contributed by atoms with Crippen molar-refractivity contribution >= 4 is 17.6 Å². The normalized spacial score (nSPS) is 23.0. The third kappa shape index (κ3) is 4.06. The Morgan fingerprint density at radius 1 is 1.00 bits per heavy atom. The number of anilines is 1. The zero-order chi connectivity index (χ0) is 22.1. The van der Waals surface area contributed by atoms with Crippen molar-refractivity contribution in [3.8, 4) is 5.75 Å². The molecule has 0 radical (unpaired) electrons. The topological polar surface area (TPSA) is 61.9 Å². The summed E-state index contributed by atoms with van der Waals surface area (Å²) in [6.07, 6.45) is 4.55. The van der Waals surface area contributed by atoms with Gasteiger partial charge in [0.15, 0.2) is 0 Å². The predicted molar refractivity (Wildman–Crippen MR) is 124 cm³/mol. The van der Waals surface area contributed by atoms with E-state index in [4.69, 9.17) is 4.74 Å². The number of urea groups is 1. The number of benzene rings is 2. The molecule has 1 fully saturated rings. The van der Waals surface area contributed by atoms with Gasteiger partial charge in [0, 0.05) is 19.0 Å². The first kappa shape index (κ1) is 20.9. The lowest BCUT2D eigenvalue weighted by Gasteiger charge is -2.39. The highest BCUT2D eigenvalue weighted by Gasteiger charge is 2.34. The van der Waals surface area contributed by atoms with Gasteiger partial charge in [-0.05, 0) is 62.3 Å². The van der Waals surface area contributed by atoms with E-state index < -0.39 is 0 Å². The lowest BCUT2D eigenvalue weighted by molar-refractivity contribution is -0.127. The molecule has 5 rings (SSSR count). The molecule has 2 aromatic carbocycles. The number of amides is 3. The van der Waals surface area contributed by atoms with Gasteiger partial charge in [-0.2, -0.15) is 0 Å². The van der Waals surface area contributed by atoms with Crippen LogP contribution >= 0.6 is 0 Å². The Morgan fingerprint density at radius 3 is 2.59 bits per heavy atom. The van der Waals surface area contributed by atoms with Crippen LogP contribution in [0, 0.1) is 5.92 Å². The molecule has 32 heavy (non-hydrogen) atoms. The van der Waals surface area contributed by atoms with E-state index in [2.05, 4.69) is 29.6 Å². The van der Waals surface area contributed by atoms with E-state index in [1.54, 1.807) is 0 Å². The molecule has 0 aromatic heterocycles. The SMILES string of the molecule is C[C@@H]1CN(C(=O)N2CCC(C(=O)N[C@@H]3CCCc4ccccc43)CC2)c2ccccc2O1. The van der Waals surface area contributed by atoms with Gasteiger partial charge in [-0.15, -0.1) is 0 Å². The summed E-state index contributed by atoms with van der Waals surface area (Å²) in [5.41, 5.74) is 3.44. The Kier molecular flexibility index (Phi) is 5.77. The first-order chi connectivity index (χ1) is 15.6. The first-order valence-corrected chi connectivity index (χ1v) is 11.8. The quantitative estimate of drug-likeness (QED) is 0.768. The minimum Gasteiger partial charge on any atom is -0.487 e. The van der Waals surface area contributed by atoms with Gasteiger partial charge in [0.1, 0.15) is 11.9 Å². The number of nitrogens with one attached hydrogen (secondary N) is 1. The van der Waals surface area contributed by atoms with Gasteiger partial charge < -0.3 is 15.0 Å². The molecule has 6 nitrogen and oxygen atoms in total. The van der Waals surface area contributed by atoms with Crippen LogP contribution < -0.4 is 15.0 Å². The molecule has 0 spiro atoms. The zero-order valence-corrected chi connectivity index (χ0v) is 18.6. The number of rotatable bonds is 2. The molecule has 3 amide bonds. The van der Waals surface area contributed by atoms with Gasteiger partial charge in [-0.25, -0.2) is 4.79 Å². The number of hydrogen-bond acceptors (Lipinski definition) is 3. The number of para-hydroxylation sites is 2. The number of carbonyl (C=O) groups is 2. The molecule has 2 aliphatic heterocycles. The molecule has 1 aliphatic carbocycles. The lowest BCUT2D eigenvalue weighted by atomic mass is 9.87. The average Bonchev–Trinajstić information content (AvgIpc) is 2.83. The van der Waals surface area contributed by atoms with Crippen LogP contribution in [0.15, 0.2) is 48.5 Å². The monoisotopic (exact) mass is 433 g/mol. The number of aryl methyl sites for hydroxylation is 1. The van der Waals surface area contributed by atoms with Crippen molar-refractivity contribution in [3.05, 3.63) is 59.7 Å². The van der Waals surface area contributed by atoms with Crippen molar-refractivity contribution in [1.82, 2.24) is 10.2 Å². The van der Waals surface area contributed by atoms with E-state index in [9.17, 15) is 9.59 Å². The highest BCUT2D eigenvalue weighted by molar-refractivity contribution is 5.94. The maximum absolute atomic E-state index is 13.3. The molecule has 0 saturated carbocycles. The Morgan fingerprint density at radius 2 is 1.75 bits per heavy atom. The van der Waals surface area contributed by atoms with Gasteiger partial charge >= 0.3 is 6.03 Å². The van der Waals surface area contributed by atoms with Gasteiger partial charge in [-0.3, -0.25) is 9.69 Å². The van der Waals surface area contributed by atoms with E-state index in [-0.39, 0.29) is 30.0 Å². The van der Waals surface area contributed by atoms with E-state index in [0.29, 0.717) is 32.5 Å². The Hall–Kier alpha value is -3.02. The summed E-state index contributed by atoms with van der Waals surface area (Å²) in [4.78, 5) is 30.0. The molecular formula is C26H31N3O3. The number of ether oxygens (including phenoxy) is 1. The second kappa shape index (κ2) is 8.85. The summed E-state index contributed by atoms with van der Waals surface area (Å²) < 4.78 is 5.88. The molecule has 0 bridgehead atoms. The fraction of sp³-hybridized carbons (Fsp3) is 0.462. The van der Waals surface area contributed by atoms with Crippen LogP contribution in [0.2, 0.25) is 0 Å². The van der Waals surface area contributed by atoms with Crippen LogP contribution in [0.4, 0.5) is 10.5 Å². The predicted octanol–water partition coefficient (Wildman–Crippen LogP) is 4.30. The molecule has 0 unspecified atom stereocenters. The Labute approximate surface area is 189 Å². The van der Waals surface area contributed by atoms with Crippen LogP contribution in [-0.2, 0) is 11.2 Å². The van der Waals surface area contributed by atoms with E-state index in [0.717, 1.165) is 30.7 Å². The van der Waals surface area contributed by atoms with E-state index in [1.807, 2.05) is 41.0 Å². The molecule has 2 atom stereocenters. The molecule has 1 N–H and O–H groups in total. The van der Waals surface area contributed by atoms with E-state index in [1.165, 1.54) is 11.1 Å². The molecular weight excluding hydrogens is 402 g/mol. The highest BCUT2D eigenvalue weighted by Crippen LogP contribution is 2.34. The average molecular weight is 434 g/mol. The Balaban J connectivity index is 1.20. The second-order valence-electron chi connectivity index (χ2n) is 9.20. The maximum Gasteiger partial charge on any atom is 0.324 e. The fourth-order valence-corrected chi connectivity index (χ4v) is 5.27. The number of piperidine rings is 1. The van der Waals surface area contributed by atoms with E-state index >= 15 is 0 Å². The third-order valence-electron chi connectivity index (χ3n) is 6.98. The second-order valence-corrected chi connectivity index (χ2v) is 9.20. The van der Waals surface area contributed by atoms with Gasteiger partial charge in [-0.1, -0.05) is 36.4 Å². The number of carbonyl (C=O) groups excluding carboxylic acids is 2. The van der Waals surface area contributed by atoms with Crippen molar-refractivity contribution in [1.29, 1.82) is 0 Å². The number of nitrogens with zero attached hydrogens (tertiary/aromatic N) is 2. The maximum atomic E-state index is 13.3. The van der Waals surface area contributed by atoms with Crippen LogP contribution in [0.25, 0.3) is 0 Å². The van der Waals surface area contributed by atoms with Crippen molar-refractivity contribution in [3.63, 3.8) is 0 Å². The van der Waals surface area contributed by atoms with Crippen molar-refractivity contribution < 1.29 is 14.3 Å². The molecule has 1 saturated heterocycles. The summed E-state index contributed by atoms with van der Waals surface area (Å²) >= 11 is 0. The minimum atomic E-state index is -0.0458. The summed E-state index contributed by atoms with van der Waals surface area (Å²) in [6, 6.07) is 16.2. The van der Waals surface area contributed by atoms with Crippen molar-refractivity contribution in [2.24, 2.45) is 5.92 Å². The molecule has 6 heteroatoms. The smallest absolute Gasteiger partial charge is 0.324 e. The highest BCUT2D eigenvalue weighted by atomic mass is 16.5. The van der Waals surface area contributed by atoms with Gasteiger partial charge in [0.25, 0.3) is 0 Å². The molecule has 2 heterocycles. The molecule has 168 valence electrons. The van der Waals surface area contributed by atoms with Crippen molar-refractivity contribution in [2.45, 2.75) is 51.2 Å². The number of likely N-dealkylation sites (tertiary alicyclic amines) is 1. The number of fused-ring (bicyclic) bond motifs is 2. The zero-order valence-electron chi connectivity index (χ0n) is 18.6. The minimum absolute atomic E-state index is 0.00710. The van der Waals surface area contributed by atoms with Gasteiger partial charge in [0.2, 0.25) is 5.91 Å². The summed E-state index contributed by atoms with van der Waals surface area (Å²) in [6.45, 7) is 3.73. The van der Waals surface area contributed by atoms with Crippen LogP contribution in [0.5, 0.6) is 5.75 Å². The van der Waals surface area contributed by atoms with Crippen LogP contribution in [0.3, 0.4) is 0 Å². The molecule has 3 aliphatic rings. The molecule has 2 aromatic rings. The Bertz CT molecular complexity index is 999. The summed E-state index contributed by atoms with van der Waals surface area (Å²) in [7, 11) is 0. The summed E-state index contributed by atoms with van der Waals surface area (Å²) in [5, 5.41) is 3.30. The van der Waals surface area contributed by atoms with Gasteiger partial charge in [0.05, 0.1) is 18.3 Å². The van der Waals surface area contributed by atoms with Crippen molar-refractivity contribution in [2.75, 3.05) is 24.5 Å². The standard InChI is InChI=1S/C26H31N3O3/c1-18-17-29(23-11-4-5-12-24(23)32-18)26(31)28-15-13-20(14-16-28)25(30)27-22-10-6-8-19-7-2-3-9-21(19)22/h2-5,7,9,11-12,18,20,22H,6,8,10,13-17H2,1H3,(H,27,30)/t18-,22-/m1/s1. The van der Waals surface area contributed by atoms with Crippen LogP contribution in [0.1, 0.15) is 49.8 Å². The largest absolute Gasteiger partial charge is 0.487 e.